The highest BCUT2D eigenvalue weighted by atomic mass is 35.5. The van der Waals surface area contributed by atoms with Crippen molar-refractivity contribution < 1.29 is 4.79 Å². The molecule has 1 saturated heterocycles. The average molecular weight is 282 g/mol. The van der Waals surface area contributed by atoms with Crippen LogP contribution in [0.4, 0.5) is 11.4 Å². The molecule has 104 valence electrons. The van der Waals surface area contributed by atoms with E-state index in [1.807, 2.05) is 24.1 Å². The zero-order valence-electron chi connectivity index (χ0n) is 11.1. The molecule has 0 aromatic heterocycles. The van der Waals surface area contributed by atoms with Gasteiger partial charge in [0.25, 0.3) is 0 Å². The highest BCUT2D eigenvalue weighted by Crippen LogP contribution is 2.34. The number of benzene rings is 1. The van der Waals surface area contributed by atoms with Crippen molar-refractivity contribution in [1.82, 2.24) is 4.90 Å². The summed E-state index contributed by atoms with van der Waals surface area (Å²) in [5.74, 6) is 0.241. The minimum absolute atomic E-state index is 0. The summed E-state index contributed by atoms with van der Waals surface area (Å²) in [6, 6.07) is 6.03. The highest BCUT2D eigenvalue weighted by Gasteiger charge is 2.36. The van der Waals surface area contributed by atoms with Gasteiger partial charge >= 0.3 is 0 Å². The smallest absolute Gasteiger partial charge is 0.245 e. The van der Waals surface area contributed by atoms with Gasteiger partial charge in [-0.1, -0.05) is 6.07 Å². The van der Waals surface area contributed by atoms with Crippen molar-refractivity contribution in [2.75, 3.05) is 30.8 Å². The Morgan fingerprint density at radius 1 is 1.32 bits per heavy atom. The Morgan fingerprint density at radius 2 is 2.11 bits per heavy atom. The Labute approximate surface area is 120 Å². The number of fused-ring (bicyclic) bond motifs is 1. The van der Waals surface area contributed by atoms with Gasteiger partial charge in [-0.15, -0.1) is 12.4 Å². The van der Waals surface area contributed by atoms with Crippen LogP contribution in [-0.2, 0) is 11.2 Å². The summed E-state index contributed by atoms with van der Waals surface area (Å²) in [5, 5.41) is 0. The minimum Gasteiger partial charge on any atom is -0.398 e. The monoisotopic (exact) mass is 281 g/mol. The fourth-order valence-electron chi connectivity index (χ4n) is 3.10. The summed E-state index contributed by atoms with van der Waals surface area (Å²) in [5.41, 5.74) is 9.28. The Kier molecular flexibility index (Phi) is 3.90. The molecule has 2 aliphatic rings. The molecule has 0 radical (unpaired) electrons. The maximum absolute atomic E-state index is 12.2. The van der Waals surface area contributed by atoms with Crippen LogP contribution in [0.5, 0.6) is 0 Å². The Bertz CT molecular complexity index is 492. The van der Waals surface area contributed by atoms with Gasteiger partial charge in [0.1, 0.15) is 6.04 Å². The van der Waals surface area contributed by atoms with E-state index < -0.39 is 0 Å². The van der Waals surface area contributed by atoms with Crippen molar-refractivity contribution in [3.63, 3.8) is 0 Å². The third-order valence-corrected chi connectivity index (χ3v) is 4.10. The lowest BCUT2D eigenvalue weighted by Gasteiger charge is -2.35. The van der Waals surface area contributed by atoms with Crippen LogP contribution in [0.15, 0.2) is 18.2 Å². The van der Waals surface area contributed by atoms with Crippen molar-refractivity contribution in [3.8, 4) is 0 Å². The summed E-state index contributed by atoms with van der Waals surface area (Å²) in [7, 11) is 1.88. The topological polar surface area (TPSA) is 49.6 Å². The second-order valence-corrected chi connectivity index (χ2v) is 5.21. The maximum atomic E-state index is 12.2. The third kappa shape index (κ3) is 2.25. The molecule has 19 heavy (non-hydrogen) atoms. The second-order valence-electron chi connectivity index (χ2n) is 5.21. The molecule has 0 aliphatic carbocycles. The zero-order valence-corrected chi connectivity index (χ0v) is 11.9. The Hall–Kier alpha value is -1.42. The number of halogens is 1. The molecule has 1 aromatic carbocycles. The fraction of sp³-hybridized carbons (Fsp3) is 0.500. The first-order valence-corrected chi connectivity index (χ1v) is 6.57. The van der Waals surface area contributed by atoms with Gasteiger partial charge in [0.2, 0.25) is 5.91 Å². The van der Waals surface area contributed by atoms with Crippen LogP contribution in [0.1, 0.15) is 18.4 Å². The van der Waals surface area contributed by atoms with Crippen LogP contribution in [0.25, 0.3) is 0 Å². The fourth-order valence-corrected chi connectivity index (χ4v) is 3.10. The van der Waals surface area contributed by atoms with Crippen LogP contribution in [0.2, 0.25) is 0 Å². The first kappa shape index (κ1) is 14.0. The standard InChI is InChI=1S/C14H19N3O.ClH/c1-16-9-7-13(14(16)18)17-8-3-4-10-11(15)5-2-6-12(10)17;/h2,5-6,13H,3-4,7-9,15H2,1H3;1H. The van der Waals surface area contributed by atoms with Gasteiger partial charge in [0.05, 0.1) is 0 Å². The van der Waals surface area contributed by atoms with E-state index in [1.54, 1.807) is 0 Å². The van der Waals surface area contributed by atoms with Gasteiger partial charge in [-0.2, -0.15) is 0 Å². The molecule has 2 aliphatic heterocycles. The molecule has 0 spiro atoms. The van der Waals surface area contributed by atoms with Crippen LogP contribution in [-0.4, -0.2) is 37.0 Å². The van der Waals surface area contributed by atoms with E-state index in [0.29, 0.717) is 0 Å². The first-order valence-electron chi connectivity index (χ1n) is 6.57. The summed E-state index contributed by atoms with van der Waals surface area (Å²) in [6.45, 7) is 1.82. The number of nitrogens with two attached hydrogens (primary N) is 1. The van der Waals surface area contributed by atoms with E-state index in [-0.39, 0.29) is 24.4 Å². The molecule has 5 heteroatoms. The summed E-state index contributed by atoms with van der Waals surface area (Å²) in [6.07, 6.45) is 3.02. The van der Waals surface area contributed by atoms with Crippen LogP contribution in [0.3, 0.4) is 0 Å². The number of nitrogen functional groups attached to an aromatic ring is 1. The number of amides is 1. The number of carbonyl (C=O) groups is 1. The van der Waals surface area contributed by atoms with Crippen molar-refractivity contribution in [2.24, 2.45) is 0 Å². The molecule has 1 unspecified atom stereocenters. The number of carbonyl (C=O) groups excluding carboxylic acids is 1. The predicted molar refractivity (Wildman–Crippen MR) is 79.8 cm³/mol. The maximum Gasteiger partial charge on any atom is 0.245 e. The number of likely N-dealkylation sites (tertiary alicyclic amines) is 1. The Morgan fingerprint density at radius 3 is 2.79 bits per heavy atom. The van der Waals surface area contributed by atoms with Gasteiger partial charge in [-0.05, 0) is 37.0 Å². The lowest BCUT2D eigenvalue weighted by Crippen LogP contribution is -2.43. The van der Waals surface area contributed by atoms with Crippen molar-refractivity contribution >= 4 is 29.7 Å². The molecule has 0 saturated carbocycles. The average Bonchev–Trinajstić information content (AvgIpc) is 2.70. The number of anilines is 2. The van der Waals surface area contributed by atoms with E-state index in [1.165, 1.54) is 5.56 Å². The van der Waals surface area contributed by atoms with Crippen LogP contribution < -0.4 is 10.6 Å². The van der Waals surface area contributed by atoms with Crippen molar-refractivity contribution in [2.45, 2.75) is 25.3 Å². The van der Waals surface area contributed by atoms with Crippen LogP contribution >= 0.6 is 12.4 Å². The molecule has 1 aromatic rings. The van der Waals surface area contributed by atoms with Crippen LogP contribution in [0, 0.1) is 0 Å². The Balaban J connectivity index is 0.00000133. The van der Waals surface area contributed by atoms with Gasteiger partial charge in [0, 0.05) is 31.5 Å². The number of hydrogen-bond acceptors (Lipinski definition) is 3. The molecule has 3 rings (SSSR count). The number of likely N-dealkylation sites (N-methyl/N-ethyl adjacent to an activating group) is 1. The molecule has 2 heterocycles. The van der Waals surface area contributed by atoms with Gasteiger partial charge < -0.3 is 15.5 Å². The second kappa shape index (κ2) is 5.29. The van der Waals surface area contributed by atoms with E-state index in [2.05, 4.69) is 11.0 Å². The highest BCUT2D eigenvalue weighted by molar-refractivity contribution is 5.88. The largest absolute Gasteiger partial charge is 0.398 e. The molecule has 1 amide bonds. The lowest BCUT2D eigenvalue weighted by molar-refractivity contribution is -0.127. The molecule has 1 atom stereocenters. The van der Waals surface area contributed by atoms with E-state index in [4.69, 9.17) is 5.73 Å². The quantitative estimate of drug-likeness (QED) is 0.797. The predicted octanol–water partition coefficient (Wildman–Crippen LogP) is 1.67. The zero-order chi connectivity index (χ0) is 12.7. The van der Waals surface area contributed by atoms with E-state index in [0.717, 1.165) is 43.7 Å². The molecular weight excluding hydrogens is 262 g/mol. The SMILES string of the molecule is CN1CCC(N2CCCc3c(N)cccc32)C1=O.Cl. The van der Waals surface area contributed by atoms with Crippen molar-refractivity contribution in [1.29, 1.82) is 0 Å². The summed E-state index contributed by atoms with van der Waals surface area (Å²) in [4.78, 5) is 16.2. The summed E-state index contributed by atoms with van der Waals surface area (Å²) < 4.78 is 0. The van der Waals surface area contributed by atoms with E-state index in [9.17, 15) is 4.79 Å². The number of hydrogen-bond donors (Lipinski definition) is 1. The van der Waals surface area contributed by atoms with Crippen molar-refractivity contribution in [3.05, 3.63) is 23.8 Å². The first-order chi connectivity index (χ1) is 8.68. The normalized spacial score (nSPS) is 22.2. The minimum atomic E-state index is 0. The van der Waals surface area contributed by atoms with Gasteiger partial charge in [-0.3, -0.25) is 4.79 Å². The third-order valence-electron chi connectivity index (χ3n) is 4.10. The molecule has 0 bridgehead atoms. The van der Waals surface area contributed by atoms with E-state index >= 15 is 0 Å². The number of rotatable bonds is 1. The molecule has 1 fully saturated rings. The summed E-state index contributed by atoms with van der Waals surface area (Å²) >= 11 is 0. The van der Waals surface area contributed by atoms with Gasteiger partial charge in [-0.25, -0.2) is 0 Å². The molecule has 2 N–H and O–H groups in total. The molecule has 4 nitrogen and oxygen atoms in total. The molecular formula is C14H20ClN3O. The van der Waals surface area contributed by atoms with Gasteiger partial charge in [0.15, 0.2) is 0 Å². The lowest BCUT2D eigenvalue weighted by atomic mass is 9.98. The number of nitrogens with zero attached hydrogens (tertiary/aromatic N) is 2.